The largest absolute Gasteiger partial charge is 0.350 e. The van der Waals surface area contributed by atoms with Gasteiger partial charge in [0.2, 0.25) is 10.0 Å². The number of aromatic nitrogens is 2. The van der Waals surface area contributed by atoms with E-state index in [9.17, 15) is 22.4 Å². The van der Waals surface area contributed by atoms with Crippen molar-refractivity contribution in [2.24, 2.45) is 5.14 Å². The first kappa shape index (κ1) is 20.4. The number of nitrogens with zero attached hydrogens (tertiary/aromatic N) is 2. The van der Waals surface area contributed by atoms with E-state index in [1.807, 2.05) is 0 Å². The second kappa shape index (κ2) is 8.33. The minimum atomic E-state index is -3.82. The molecule has 29 heavy (non-hydrogen) atoms. The van der Waals surface area contributed by atoms with E-state index >= 15 is 0 Å². The number of nitrogens with two attached hydrogens (primary N) is 1. The maximum Gasteiger partial charge on any atom is 0.253 e. The molecule has 0 aliphatic carbocycles. The minimum absolute atomic E-state index is 0.0899. The van der Waals surface area contributed by atoms with Crippen molar-refractivity contribution < 1.29 is 17.6 Å². The summed E-state index contributed by atoms with van der Waals surface area (Å²) in [5.74, 6) is -0.799. The van der Waals surface area contributed by atoms with Crippen LogP contribution in [-0.4, -0.2) is 30.4 Å². The molecule has 0 fully saturated rings. The van der Waals surface area contributed by atoms with Crippen LogP contribution in [0.25, 0.3) is 11.3 Å². The molecule has 3 rings (SSSR count). The lowest BCUT2D eigenvalue weighted by Gasteiger charge is -2.09. The molecule has 8 nitrogen and oxygen atoms in total. The van der Waals surface area contributed by atoms with Gasteiger partial charge in [0.1, 0.15) is 5.82 Å². The third-order valence-corrected chi connectivity index (χ3v) is 5.03. The molecule has 10 heteroatoms. The van der Waals surface area contributed by atoms with Crippen LogP contribution in [0.5, 0.6) is 0 Å². The average Bonchev–Trinajstić information content (AvgIpc) is 2.69. The fourth-order valence-corrected chi connectivity index (χ4v) is 3.08. The Hall–Kier alpha value is -3.37. The first-order valence-electron chi connectivity index (χ1n) is 8.47. The van der Waals surface area contributed by atoms with E-state index in [1.54, 1.807) is 0 Å². The van der Waals surface area contributed by atoms with Crippen LogP contribution in [-0.2, 0) is 16.6 Å². The monoisotopic (exact) mass is 416 g/mol. The van der Waals surface area contributed by atoms with Gasteiger partial charge in [-0.05, 0) is 48.5 Å². The molecule has 3 N–H and O–H groups in total. The normalized spacial score (nSPS) is 11.2. The van der Waals surface area contributed by atoms with Crippen LogP contribution >= 0.6 is 0 Å². The van der Waals surface area contributed by atoms with Crippen molar-refractivity contribution in [2.45, 2.75) is 11.4 Å². The lowest BCUT2D eigenvalue weighted by Crippen LogP contribution is -2.30. The van der Waals surface area contributed by atoms with Crippen molar-refractivity contribution in [1.82, 2.24) is 14.9 Å². The lowest BCUT2D eigenvalue weighted by atomic mass is 10.1. The molecule has 2 aromatic carbocycles. The van der Waals surface area contributed by atoms with Crippen molar-refractivity contribution in [3.8, 4) is 11.3 Å². The molecule has 0 aliphatic heterocycles. The number of carbonyl (C=O) groups excluding carboxylic acids is 1. The molecule has 3 aromatic rings. The van der Waals surface area contributed by atoms with Crippen molar-refractivity contribution in [2.75, 3.05) is 6.54 Å². The molecule has 0 bridgehead atoms. The zero-order valence-corrected chi connectivity index (χ0v) is 15.9. The summed E-state index contributed by atoms with van der Waals surface area (Å²) in [6.45, 7) is 0.351. The summed E-state index contributed by atoms with van der Waals surface area (Å²) in [5, 5.41) is 7.65. The molecular weight excluding hydrogens is 399 g/mol. The van der Waals surface area contributed by atoms with Gasteiger partial charge in [0.05, 0.1) is 16.9 Å². The van der Waals surface area contributed by atoms with Crippen molar-refractivity contribution in [1.29, 1.82) is 0 Å². The minimum Gasteiger partial charge on any atom is -0.350 e. The lowest BCUT2D eigenvalue weighted by molar-refractivity contribution is 0.0952. The van der Waals surface area contributed by atoms with E-state index < -0.39 is 15.9 Å². The van der Waals surface area contributed by atoms with Gasteiger partial charge in [-0.15, -0.1) is 0 Å². The third kappa shape index (κ3) is 5.12. The number of sulfonamides is 1. The number of hydrogen-bond donors (Lipinski definition) is 2. The molecule has 0 atom stereocenters. The van der Waals surface area contributed by atoms with Gasteiger partial charge in [-0.25, -0.2) is 22.9 Å². The Labute approximate surface area is 165 Å². The summed E-state index contributed by atoms with van der Waals surface area (Å²) in [7, 11) is -3.82. The first-order chi connectivity index (χ1) is 13.7. The van der Waals surface area contributed by atoms with Gasteiger partial charge in [-0.1, -0.05) is 0 Å². The average molecular weight is 416 g/mol. The number of halogens is 1. The van der Waals surface area contributed by atoms with Crippen LogP contribution in [0.1, 0.15) is 10.4 Å². The SMILES string of the molecule is NS(=O)(=O)c1ccc(C(=O)NCCn2cnc(-c3ccc(F)cc3)cc2=O)cc1. The quantitative estimate of drug-likeness (QED) is 0.623. The van der Waals surface area contributed by atoms with Crippen molar-refractivity contribution >= 4 is 15.9 Å². The Morgan fingerprint density at radius 1 is 1.10 bits per heavy atom. The summed E-state index contributed by atoms with van der Waals surface area (Å²) in [6.07, 6.45) is 1.36. The summed E-state index contributed by atoms with van der Waals surface area (Å²) in [5.41, 5.74) is 0.984. The van der Waals surface area contributed by atoms with Crippen LogP contribution in [0, 0.1) is 5.82 Å². The highest BCUT2D eigenvalue weighted by Gasteiger charge is 2.10. The predicted molar refractivity (Wildman–Crippen MR) is 104 cm³/mol. The zero-order valence-electron chi connectivity index (χ0n) is 15.1. The topological polar surface area (TPSA) is 124 Å². The maximum atomic E-state index is 13.0. The fraction of sp³-hybridized carbons (Fsp3) is 0.105. The second-order valence-corrected chi connectivity index (χ2v) is 7.70. The Balaban J connectivity index is 1.61. The number of amides is 1. The van der Waals surface area contributed by atoms with Gasteiger partial charge in [-0.2, -0.15) is 0 Å². The molecule has 0 unspecified atom stereocenters. The molecule has 0 spiro atoms. The van der Waals surface area contributed by atoms with Gasteiger partial charge in [0.25, 0.3) is 11.5 Å². The molecule has 1 heterocycles. The van der Waals surface area contributed by atoms with Crippen LogP contribution in [0.15, 0.2) is 70.6 Å². The van der Waals surface area contributed by atoms with Gasteiger partial charge in [0, 0.05) is 30.3 Å². The number of nitrogens with one attached hydrogen (secondary N) is 1. The fourth-order valence-electron chi connectivity index (χ4n) is 2.56. The number of carbonyl (C=O) groups is 1. The van der Waals surface area contributed by atoms with Crippen LogP contribution < -0.4 is 16.0 Å². The van der Waals surface area contributed by atoms with Gasteiger partial charge < -0.3 is 5.32 Å². The summed E-state index contributed by atoms with van der Waals surface area (Å²) >= 11 is 0. The first-order valence-corrected chi connectivity index (χ1v) is 10.0. The maximum absolute atomic E-state index is 13.0. The van der Waals surface area contributed by atoms with E-state index in [4.69, 9.17) is 5.14 Å². The van der Waals surface area contributed by atoms with E-state index in [-0.39, 0.29) is 34.9 Å². The number of primary sulfonamides is 1. The molecule has 150 valence electrons. The molecule has 0 saturated carbocycles. The van der Waals surface area contributed by atoms with E-state index in [0.29, 0.717) is 11.3 Å². The second-order valence-electron chi connectivity index (χ2n) is 6.14. The van der Waals surface area contributed by atoms with Crippen LogP contribution in [0.4, 0.5) is 4.39 Å². The standard InChI is InChI=1S/C19H17FN4O4S/c20-15-5-1-13(2-6-15)17-11-18(25)24(12-23-17)10-9-22-19(26)14-3-7-16(8-4-14)29(21,27)28/h1-8,11-12H,9-10H2,(H,22,26)(H2,21,27,28). The predicted octanol–water partition coefficient (Wildman–Crippen LogP) is 1.13. The van der Waals surface area contributed by atoms with Gasteiger partial charge in [0.15, 0.2) is 0 Å². The Bertz CT molecular complexity index is 1190. The number of hydrogen-bond acceptors (Lipinski definition) is 5. The number of benzene rings is 2. The van der Waals surface area contributed by atoms with Gasteiger partial charge >= 0.3 is 0 Å². The Morgan fingerprint density at radius 3 is 2.34 bits per heavy atom. The van der Waals surface area contributed by atoms with E-state index in [0.717, 1.165) is 0 Å². The highest BCUT2D eigenvalue weighted by molar-refractivity contribution is 7.89. The van der Waals surface area contributed by atoms with Gasteiger partial charge in [-0.3, -0.25) is 14.2 Å². The third-order valence-electron chi connectivity index (χ3n) is 4.10. The van der Waals surface area contributed by atoms with Crippen LogP contribution in [0.2, 0.25) is 0 Å². The smallest absolute Gasteiger partial charge is 0.253 e. The Morgan fingerprint density at radius 2 is 1.76 bits per heavy atom. The van der Waals surface area contributed by atoms with Crippen molar-refractivity contribution in [3.05, 3.63) is 82.7 Å². The molecule has 0 radical (unpaired) electrons. The van der Waals surface area contributed by atoms with Crippen molar-refractivity contribution in [3.63, 3.8) is 0 Å². The summed E-state index contributed by atoms with van der Waals surface area (Å²) < 4.78 is 36.8. The molecule has 0 saturated heterocycles. The van der Waals surface area contributed by atoms with E-state index in [1.165, 1.54) is 65.5 Å². The van der Waals surface area contributed by atoms with Crippen LogP contribution in [0.3, 0.4) is 0 Å². The highest BCUT2D eigenvalue weighted by Crippen LogP contribution is 2.15. The van der Waals surface area contributed by atoms with E-state index in [2.05, 4.69) is 10.3 Å². The summed E-state index contributed by atoms with van der Waals surface area (Å²) in [6, 6.07) is 12.1. The zero-order chi connectivity index (χ0) is 21.0. The molecule has 1 aromatic heterocycles. The number of rotatable bonds is 6. The molecule has 0 aliphatic rings. The molecular formula is C19H17FN4O4S. The Kier molecular flexibility index (Phi) is 5.85. The molecule has 1 amide bonds. The highest BCUT2D eigenvalue weighted by atomic mass is 32.2. The summed E-state index contributed by atoms with van der Waals surface area (Å²) in [4.78, 5) is 28.4.